The highest BCUT2D eigenvalue weighted by Gasteiger charge is 2.14. The van der Waals surface area contributed by atoms with Crippen LogP contribution in [0.2, 0.25) is 0 Å². The molecule has 94 valence electrons. The molecule has 0 atom stereocenters. The van der Waals surface area contributed by atoms with Crippen molar-refractivity contribution < 1.29 is 4.79 Å². The Morgan fingerprint density at radius 1 is 1.47 bits per heavy atom. The van der Waals surface area contributed by atoms with Crippen molar-refractivity contribution >= 4 is 5.91 Å². The van der Waals surface area contributed by atoms with Gasteiger partial charge < -0.3 is 15.2 Å². The minimum atomic E-state index is 0.0603. The molecule has 0 aliphatic carbocycles. The van der Waals surface area contributed by atoms with E-state index in [4.69, 9.17) is 0 Å². The molecule has 5 nitrogen and oxygen atoms in total. The number of rotatable bonds is 4. The lowest BCUT2D eigenvalue weighted by atomic mass is 10.3. The van der Waals surface area contributed by atoms with Gasteiger partial charge in [0, 0.05) is 52.5 Å². The maximum atomic E-state index is 11.9. The zero-order valence-corrected chi connectivity index (χ0v) is 10.3. The number of likely N-dealkylation sites (N-methyl/N-ethyl adjacent to an activating group) is 1. The Kier molecular flexibility index (Phi) is 4.17. The monoisotopic (exact) mass is 236 g/mol. The highest BCUT2D eigenvalue weighted by atomic mass is 16.2. The highest BCUT2D eigenvalue weighted by Crippen LogP contribution is 2.00. The summed E-state index contributed by atoms with van der Waals surface area (Å²) >= 11 is 0. The Hall–Kier alpha value is -1.33. The lowest BCUT2D eigenvalue weighted by Gasteiger charge is -2.29. The number of aromatic nitrogens is 1. The van der Waals surface area contributed by atoms with Crippen molar-refractivity contribution in [2.45, 2.75) is 0 Å². The Balaban J connectivity index is 1.76. The third-order valence-electron chi connectivity index (χ3n) is 3.14. The molecular weight excluding hydrogens is 216 g/mol. The van der Waals surface area contributed by atoms with Crippen LogP contribution in [-0.2, 0) is 0 Å². The fourth-order valence-corrected chi connectivity index (χ4v) is 2.00. The van der Waals surface area contributed by atoms with Gasteiger partial charge in [-0.25, -0.2) is 0 Å². The Labute approximate surface area is 102 Å². The largest absolute Gasteiger partial charge is 0.357 e. The first-order chi connectivity index (χ1) is 8.27. The van der Waals surface area contributed by atoms with Crippen molar-refractivity contribution in [2.24, 2.45) is 0 Å². The van der Waals surface area contributed by atoms with Gasteiger partial charge in [0.15, 0.2) is 0 Å². The number of nitrogens with zero attached hydrogens (tertiary/aromatic N) is 2. The van der Waals surface area contributed by atoms with E-state index in [1.807, 2.05) is 19.2 Å². The van der Waals surface area contributed by atoms with Crippen molar-refractivity contribution in [3.63, 3.8) is 0 Å². The van der Waals surface area contributed by atoms with E-state index in [0.717, 1.165) is 39.3 Å². The number of nitrogens with one attached hydrogen (secondary N) is 2. The predicted molar refractivity (Wildman–Crippen MR) is 67.1 cm³/mol. The van der Waals surface area contributed by atoms with Crippen LogP contribution < -0.4 is 5.32 Å². The molecule has 0 bridgehead atoms. The van der Waals surface area contributed by atoms with Crippen molar-refractivity contribution in [2.75, 3.05) is 46.3 Å². The Morgan fingerprint density at radius 3 is 2.88 bits per heavy atom. The molecule has 5 heteroatoms. The van der Waals surface area contributed by atoms with Gasteiger partial charge in [-0.05, 0) is 12.1 Å². The van der Waals surface area contributed by atoms with Gasteiger partial charge in [-0.1, -0.05) is 0 Å². The molecule has 2 heterocycles. The molecule has 1 saturated heterocycles. The number of hydrogen-bond donors (Lipinski definition) is 2. The number of carbonyl (C=O) groups is 1. The molecule has 1 amide bonds. The molecule has 1 fully saturated rings. The quantitative estimate of drug-likeness (QED) is 0.773. The second kappa shape index (κ2) is 5.84. The zero-order chi connectivity index (χ0) is 12.1. The number of aromatic amines is 1. The first kappa shape index (κ1) is 12.1. The van der Waals surface area contributed by atoms with E-state index in [-0.39, 0.29) is 5.91 Å². The number of carbonyl (C=O) groups excluding carboxylic acids is 1. The summed E-state index contributed by atoms with van der Waals surface area (Å²) in [7, 11) is 1.85. The number of hydrogen-bond acceptors (Lipinski definition) is 3. The van der Waals surface area contributed by atoms with Crippen LogP contribution >= 0.6 is 0 Å². The molecule has 1 aliphatic rings. The lowest BCUT2D eigenvalue weighted by Crippen LogP contribution is -2.46. The van der Waals surface area contributed by atoms with Gasteiger partial charge in [-0.2, -0.15) is 0 Å². The molecule has 17 heavy (non-hydrogen) atoms. The van der Waals surface area contributed by atoms with Crippen LogP contribution in [0.1, 0.15) is 10.5 Å². The highest BCUT2D eigenvalue weighted by molar-refractivity contribution is 5.92. The smallest absolute Gasteiger partial charge is 0.270 e. The zero-order valence-electron chi connectivity index (χ0n) is 10.3. The first-order valence-electron chi connectivity index (χ1n) is 6.09. The van der Waals surface area contributed by atoms with E-state index in [1.54, 1.807) is 11.1 Å². The molecule has 0 radical (unpaired) electrons. The van der Waals surface area contributed by atoms with Gasteiger partial charge >= 0.3 is 0 Å². The summed E-state index contributed by atoms with van der Waals surface area (Å²) in [4.78, 5) is 19.0. The van der Waals surface area contributed by atoms with E-state index in [2.05, 4.69) is 15.2 Å². The van der Waals surface area contributed by atoms with Crippen LogP contribution in [0, 0.1) is 0 Å². The summed E-state index contributed by atoms with van der Waals surface area (Å²) in [5.41, 5.74) is 0.660. The predicted octanol–water partition coefficient (Wildman–Crippen LogP) is -0.00810. The average Bonchev–Trinajstić information content (AvgIpc) is 2.90. The molecule has 1 aliphatic heterocycles. The second-order valence-electron chi connectivity index (χ2n) is 4.40. The maximum absolute atomic E-state index is 11.9. The molecule has 1 aromatic heterocycles. The second-order valence-corrected chi connectivity index (χ2v) is 4.40. The van der Waals surface area contributed by atoms with E-state index in [0.29, 0.717) is 5.69 Å². The van der Waals surface area contributed by atoms with Crippen LogP contribution in [0.15, 0.2) is 18.3 Å². The average molecular weight is 236 g/mol. The molecule has 0 unspecified atom stereocenters. The van der Waals surface area contributed by atoms with Gasteiger partial charge in [-0.3, -0.25) is 9.69 Å². The number of piperazine rings is 1. The number of H-pyrrole nitrogens is 1. The van der Waals surface area contributed by atoms with Gasteiger partial charge in [0.2, 0.25) is 0 Å². The molecule has 1 aromatic rings. The molecule has 0 saturated carbocycles. The lowest BCUT2D eigenvalue weighted by molar-refractivity contribution is 0.0770. The molecule has 2 rings (SSSR count). The van der Waals surface area contributed by atoms with Crippen molar-refractivity contribution in [1.82, 2.24) is 20.1 Å². The fraction of sp³-hybridized carbons (Fsp3) is 0.583. The van der Waals surface area contributed by atoms with E-state index in [1.165, 1.54) is 0 Å². The van der Waals surface area contributed by atoms with E-state index in [9.17, 15) is 4.79 Å². The summed E-state index contributed by atoms with van der Waals surface area (Å²) in [5.74, 6) is 0.0603. The van der Waals surface area contributed by atoms with Gasteiger partial charge in [-0.15, -0.1) is 0 Å². The van der Waals surface area contributed by atoms with Gasteiger partial charge in [0.1, 0.15) is 5.69 Å². The standard InChI is InChI=1S/C12H20N4O/c1-15(12(17)11-3-2-4-14-11)9-10-16-7-5-13-6-8-16/h2-4,13-14H,5-10H2,1H3. The Bertz CT molecular complexity index is 343. The first-order valence-corrected chi connectivity index (χ1v) is 6.09. The van der Waals surface area contributed by atoms with Crippen LogP contribution in [0.25, 0.3) is 0 Å². The normalized spacial score (nSPS) is 17.0. The van der Waals surface area contributed by atoms with Crippen LogP contribution in [0.4, 0.5) is 0 Å². The molecule has 0 aromatic carbocycles. The molecular formula is C12H20N4O. The SMILES string of the molecule is CN(CCN1CCNCC1)C(=O)c1ccc[nH]1. The number of amides is 1. The Morgan fingerprint density at radius 2 is 2.24 bits per heavy atom. The van der Waals surface area contributed by atoms with Crippen molar-refractivity contribution in [1.29, 1.82) is 0 Å². The minimum Gasteiger partial charge on any atom is -0.357 e. The summed E-state index contributed by atoms with van der Waals surface area (Å²) < 4.78 is 0. The topological polar surface area (TPSA) is 51.4 Å². The van der Waals surface area contributed by atoms with Crippen molar-refractivity contribution in [3.8, 4) is 0 Å². The maximum Gasteiger partial charge on any atom is 0.270 e. The van der Waals surface area contributed by atoms with E-state index < -0.39 is 0 Å². The van der Waals surface area contributed by atoms with Gasteiger partial charge in [0.25, 0.3) is 5.91 Å². The summed E-state index contributed by atoms with van der Waals surface area (Å²) in [6.45, 7) is 5.97. The van der Waals surface area contributed by atoms with Crippen molar-refractivity contribution in [3.05, 3.63) is 24.0 Å². The van der Waals surface area contributed by atoms with Crippen LogP contribution in [-0.4, -0.2) is 67.0 Å². The summed E-state index contributed by atoms with van der Waals surface area (Å²) in [6.07, 6.45) is 1.78. The fourth-order valence-electron chi connectivity index (χ4n) is 2.00. The van der Waals surface area contributed by atoms with E-state index >= 15 is 0 Å². The summed E-state index contributed by atoms with van der Waals surface area (Å²) in [5, 5.41) is 3.32. The molecule has 2 N–H and O–H groups in total. The molecule has 0 spiro atoms. The third kappa shape index (κ3) is 3.31. The minimum absolute atomic E-state index is 0.0603. The third-order valence-corrected chi connectivity index (χ3v) is 3.14. The summed E-state index contributed by atoms with van der Waals surface area (Å²) in [6, 6.07) is 3.65. The van der Waals surface area contributed by atoms with Crippen LogP contribution in [0.3, 0.4) is 0 Å². The van der Waals surface area contributed by atoms with Gasteiger partial charge in [0.05, 0.1) is 0 Å². The van der Waals surface area contributed by atoms with Crippen LogP contribution in [0.5, 0.6) is 0 Å².